The van der Waals surface area contributed by atoms with Crippen LogP contribution in [0.15, 0.2) is 41.5 Å². The van der Waals surface area contributed by atoms with Gasteiger partial charge in [0.1, 0.15) is 0 Å². The van der Waals surface area contributed by atoms with Gasteiger partial charge in [0.15, 0.2) is 16.6 Å². The standard InChI is InChI=1S/C16H13Cl2N3O2S/c17-12-3-2-11(13(18)6-12)8-20-21-16(24)19-7-10-1-4-14-15(5-10)23-9-22-14/h1-6,8H,7,9H2,(H2,19,21,24)/b20-8-. The fourth-order valence-corrected chi connectivity index (χ4v) is 2.62. The van der Waals surface area contributed by atoms with Gasteiger partial charge in [-0.3, -0.25) is 5.43 Å². The highest BCUT2D eigenvalue weighted by Gasteiger charge is 2.12. The zero-order chi connectivity index (χ0) is 16.9. The van der Waals surface area contributed by atoms with Crippen molar-refractivity contribution in [1.29, 1.82) is 0 Å². The highest BCUT2D eigenvalue weighted by molar-refractivity contribution is 7.80. The minimum atomic E-state index is 0.258. The van der Waals surface area contributed by atoms with Crippen LogP contribution in [0.3, 0.4) is 0 Å². The second-order valence-electron chi connectivity index (χ2n) is 4.91. The third-order valence-corrected chi connectivity index (χ3v) is 4.02. The van der Waals surface area contributed by atoms with Gasteiger partial charge in [0.05, 0.1) is 11.2 Å². The molecular formula is C16H13Cl2N3O2S. The first-order valence-electron chi connectivity index (χ1n) is 7.02. The number of nitrogens with one attached hydrogen (secondary N) is 2. The normalized spacial score (nSPS) is 12.4. The number of benzene rings is 2. The van der Waals surface area contributed by atoms with E-state index in [0.29, 0.717) is 21.7 Å². The van der Waals surface area contributed by atoms with Crippen LogP contribution in [0, 0.1) is 0 Å². The average Bonchev–Trinajstić information content (AvgIpc) is 3.02. The van der Waals surface area contributed by atoms with Crippen LogP contribution in [0.4, 0.5) is 0 Å². The zero-order valence-corrected chi connectivity index (χ0v) is 14.7. The monoisotopic (exact) mass is 381 g/mol. The lowest BCUT2D eigenvalue weighted by molar-refractivity contribution is 0.174. The van der Waals surface area contributed by atoms with Crippen molar-refractivity contribution < 1.29 is 9.47 Å². The Hall–Kier alpha value is -2.02. The summed E-state index contributed by atoms with van der Waals surface area (Å²) in [7, 11) is 0. The molecule has 24 heavy (non-hydrogen) atoms. The van der Waals surface area contributed by atoms with E-state index in [4.69, 9.17) is 44.9 Å². The summed E-state index contributed by atoms with van der Waals surface area (Å²) < 4.78 is 10.6. The van der Waals surface area contributed by atoms with Crippen LogP contribution < -0.4 is 20.2 Å². The van der Waals surface area contributed by atoms with Crippen molar-refractivity contribution in [3.8, 4) is 11.5 Å². The minimum Gasteiger partial charge on any atom is -0.454 e. The predicted molar refractivity (Wildman–Crippen MR) is 99.2 cm³/mol. The number of rotatable bonds is 4. The summed E-state index contributed by atoms with van der Waals surface area (Å²) in [5.74, 6) is 1.49. The maximum absolute atomic E-state index is 6.06. The van der Waals surface area contributed by atoms with Crippen molar-refractivity contribution in [3.63, 3.8) is 0 Å². The van der Waals surface area contributed by atoms with Crippen LogP contribution in [-0.2, 0) is 6.54 Å². The Morgan fingerprint density at radius 3 is 2.83 bits per heavy atom. The van der Waals surface area contributed by atoms with Gasteiger partial charge < -0.3 is 14.8 Å². The highest BCUT2D eigenvalue weighted by Crippen LogP contribution is 2.32. The van der Waals surface area contributed by atoms with Crippen molar-refractivity contribution in [3.05, 3.63) is 57.6 Å². The third kappa shape index (κ3) is 4.29. The Balaban J connectivity index is 1.50. The molecule has 1 aliphatic rings. The maximum Gasteiger partial charge on any atom is 0.231 e. The highest BCUT2D eigenvalue weighted by atomic mass is 35.5. The van der Waals surface area contributed by atoms with Crippen molar-refractivity contribution >= 4 is 46.7 Å². The number of halogens is 2. The van der Waals surface area contributed by atoms with Crippen molar-refractivity contribution in [2.24, 2.45) is 5.10 Å². The Labute approximate surface area is 154 Å². The number of nitrogens with zero attached hydrogens (tertiary/aromatic N) is 1. The molecule has 5 nitrogen and oxygen atoms in total. The molecule has 0 unspecified atom stereocenters. The Kier molecular flexibility index (Phi) is 5.40. The van der Waals surface area contributed by atoms with E-state index in [-0.39, 0.29) is 6.79 Å². The van der Waals surface area contributed by atoms with Gasteiger partial charge in [0.2, 0.25) is 6.79 Å². The Bertz CT molecular complexity index is 799. The molecule has 0 saturated heterocycles. The molecule has 3 rings (SSSR count). The lowest BCUT2D eigenvalue weighted by Gasteiger charge is -2.07. The molecule has 8 heteroatoms. The predicted octanol–water partition coefficient (Wildman–Crippen LogP) is 3.72. The van der Waals surface area contributed by atoms with Crippen LogP contribution in [0.5, 0.6) is 11.5 Å². The van der Waals surface area contributed by atoms with Gasteiger partial charge in [-0.2, -0.15) is 5.10 Å². The molecule has 0 bridgehead atoms. The molecule has 0 aliphatic carbocycles. The second kappa shape index (κ2) is 7.70. The summed E-state index contributed by atoms with van der Waals surface area (Å²) in [6, 6.07) is 10.9. The number of hydrogen-bond acceptors (Lipinski definition) is 4. The number of hydrazone groups is 1. The van der Waals surface area contributed by atoms with Crippen LogP contribution in [-0.4, -0.2) is 18.1 Å². The Morgan fingerprint density at radius 2 is 2.00 bits per heavy atom. The van der Waals surface area contributed by atoms with Gasteiger partial charge in [-0.25, -0.2) is 0 Å². The molecule has 2 N–H and O–H groups in total. The number of fused-ring (bicyclic) bond motifs is 1. The fraction of sp³-hybridized carbons (Fsp3) is 0.125. The van der Waals surface area contributed by atoms with Gasteiger partial charge in [0.25, 0.3) is 0 Å². The molecule has 0 radical (unpaired) electrons. The lowest BCUT2D eigenvalue weighted by atomic mass is 10.2. The molecule has 0 fully saturated rings. The SMILES string of the molecule is S=C(NCc1ccc2c(c1)OCO2)N/N=C\c1ccc(Cl)cc1Cl. The zero-order valence-electron chi connectivity index (χ0n) is 12.4. The van der Waals surface area contributed by atoms with Crippen LogP contribution in [0.2, 0.25) is 10.0 Å². The van der Waals surface area contributed by atoms with Crippen LogP contribution in [0.25, 0.3) is 0 Å². The summed E-state index contributed by atoms with van der Waals surface area (Å²) in [5, 5.41) is 8.60. The van der Waals surface area contributed by atoms with Crippen molar-refractivity contribution in [1.82, 2.24) is 10.7 Å². The van der Waals surface area contributed by atoms with Gasteiger partial charge in [-0.1, -0.05) is 35.3 Å². The lowest BCUT2D eigenvalue weighted by Crippen LogP contribution is -2.31. The molecule has 0 amide bonds. The average molecular weight is 382 g/mol. The Morgan fingerprint density at radius 1 is 1.17 bits per heavy atom. The third-order valence-electron chi connectivity index (χ3n) is 3.22. The summed E-state index contributed by atoms with van der Waals surface area (Å²) in [4.78, 5) is 0. The molecule has 2 aromatic carbocycles. The molecule has 0 saturated carbocycles. The summed E-state index contributed by atoms with van der Waals surface area (Å²) >= 11 is 17.1. The van der Waals surface area contributed by atoms with Gasteiger partial charge in [-0.15, -0.1) is 0 Å². The quantitative estimate of drug-likeness (QED) is 0.480. The number of thiocarbonyl (C=S) groups is 1. The first-order chi connectivity index (χ1) is 11.6. The summed E-state index contributed by atoms with van der Waals surface area (Å²) in [5.41, 5.74) is 4.50. The molecule has 2 aromatic rings. The molecule has 1 heterocycles. The van der Waals surface area contributed by atoms with E-state index in [1.54, 1.807) is 24.4 Å². The molecule has 1 aliphatic heterocycles. The van der Waals surface area contributed by atoms with E-state index >= 15 is 0 Å². The largest absolute Gasteiger partial charge is 0.454 e. The van der Waals surface area contributed by atoms with E-state index < -0.39 is 0 Å². The molecule has 0 spiro atoms. The van der Waals surface area contributed by atoms with Crippen LogP contribution in [0.1, 0.15) is 11.1 Å². The van der Waals surface area contributed by atoms with E-state index in [2.05, 4.69) is 15.8 Å². The van der Waals surface area contributed by atoms with Gasteiger partial charge in [0, 0.05) is 17.1 Å². The first-order valence-corrected chi connectivity index (χ1v) is 8.19. The summed E-state index contributed by atoms with van der Waals surface area (Å²) in [6.07, 6.45) is 1.58. The maximum atomic E-state index is 6.06. The van der Waals surface area contributed by atoms with E-state index in [9.17, 15) is 0 Å². The van der Waals surface area contributed by atoms with Crippen LogP contribution >= 0.6 is 35.4 Å². The summed E-state index contributed by atoms with van der Waals surface area (Å²) in [6.45, 7) is 0.799. The molecular weight excluding hydrogens is 369 g/mol. The first kappa shape index (κ1) is 16.8. The number of hydrogen-bond donors (Lipinski definition) is 2. The molecule has 124 valence electrons. The minimum absolute atomic E-state index is 0.258. The smallest absolute Gasteiger partial charge is 0.231 e. The molecule has 0 aromatic heterocycles. The van der Waals surface area contributed by atoms with Gasteiger partial charge in [-0.05, 0) is 42.0 Å². The topological polar surface area (TPSA) is 54.9 Å². The number of ether oxygens (including phenoxy) is 2. The second-order valence-corrected chi connectivity index (χ2v) is 6.16. The van der Waals surface area contributed by atoms with Gasteiger partial charge >= 0.3 is 0 Å². The van der Waals surface area contributed by atoms with E-state index in [1.165, 1.54) is 0 Å². The van der Waals surface area contributed by atoms with E-state index in [0.717, 1.165) is 22.6 Å². The molecule has 0 atom stereocenters. The van der Waals surface area contributed by atoms with E-state index in [1.807, 2.05) is 18.2 Å². The van der Waals surface area contributed by atoms with Crippen molar-refractivity contribution in [2.45, 2.75) is 6.54 Å². The van der Waals surface area contributed by atoms with Crippen molar-refractivity contribution in [2.75, 3.05) is 6.79 Å². The fourth-order valence-electron chi connectivity index (χ4n) is 2.04.